The summed E-state index contributed by atoms with van der Waals surface area (Å²) in [6.07, 6.45) is 6.62. The first-order chi connectivity index (χ1) is 17.1. The van der Waals surface area contributed by atoms with Crippen LogP contribution in [0.1, 0.15) is 42.7 Å². The molecule has 4 heterocycles. The molecule has 1 N–H and O–H groups in total. The van der Waals surface area contributed by atoms with Crippen LogP contribution in [0, 0.1) is 5.92 Å². The topological polar surface area (TPSA) is 75.1 Å². The fraction of sp³-hybridized carbons (Fsp3) is 0.630. The van der Waals surface area contributed by atoms with E-state index in [0.717, 1.165) is 50.2 Å². The van der Waals surface area contributed by atoms with Gasteiger partial charge < -0.3 is 19.5 Å². The highest BCUT2D eigenvalue weighted by Gasteiger charge is 2.38. The zero-order chi connectivity index (χ0) is 24.0. The maximum absolute atomic E-state index is 13.1. The van der Waals surface area contributed by atoms with E-state index in [0.29, 0.717) is 38.6 Å². The third kappa shape index (κ3) is 6.68. The molecule has 5 rings (SSSR count). The van der Waals surface area contributed by atoms with Crippen molar-refractivity contribution < 1.29 is 19.4 Å². The number of fused-ring (bicyclic) bond motifs is 1. The van der Waals surface area contributed by atoms with E-state index in [1.165, 1.54) is 5.56 Å². The smallest absolute Gasteiger partial charge is 0.225 e. The van der Waals surface area contributed by atoms with Gasteiger partial charge in [0.05, 0.1) is 44.5 Å². The molecule has 3 aliphatic heterocycles. The molecular weight excluding hydrogens is 462 g/mol. The SMILES string of the molecule is O=C(C[C@@H]1CC[C@H]2[C@@H](COC[C@@H](O)CN2Cc2nccs2)O1)N1CCC(Cc2ccccc2)CC1. The molecule has 3 aliphatic rings. The first kappa shape index (κ1) is 24.8. The van der Waals surface area contributed by atoms with Crippen molar-refractivity contribution in [1.82, 2.24) is 14.8 Å². The minimum Gasteiger partial charge on any atom is -0.389 e. The Kier molecular flexibility index (Phi) is 8.47. The highest BCUT2D eigenvalue weighted by atomic mass is 32.1. The van der Waals surface area contributed by atoms with Gasteiger partial charge in [-0.1, -0.05) is 30.3 Å². The van der Waals surface area contributed by atoms with Crippen LogP contribution in [0.2, 0.25) is 0 Å². The Morgan fingerprint density at radius 1 is 1.11 bits per heavy atom. The summed E-state index contributed by atoms with van der Waals surface area (Å²) >= 11 is 1.64. The first-order valence-corrected chi connectivity index (χ1v) is 13.9. The molecule has 2 aromatic rings. The van der Waals surface area contributed by atoms with E-state index in [9.17, 15) is 9.90 Å². The number of hydrogen-bond donors (Lipinski definition) is 1. The maximum Gasteiger partial charge on any atom is 0.225 e. The average molecular weight is 500 g/mol. The predicted molar refractivity (Wildman–Crippen MR) is 135 cm³/mol. The summed E-state index contributed by atoms with van der Waals surface area (Å²) in [6.45, 7) is 3.70. The van der Waals surface area contributed by atoms with Crippen molar-refractivity contribution in [2.75, 3.05) is 32.8 Å². The van der Waals surface area contributed by atoms with Crippen LogP contribution in [-0.2, 0) is 27.2 Å². The molecule has 4 atom stereocenters. The van der Waals surface area contributed by atoms with Gasteiger partial charge in [-0.2, -0.15) is 0 Å². The summed E-state index contributed by atoms with van der Waals surface area (Å²) in [4.78, 5) is 21.9. The average Bonchev–Trinajstić information content (AvgIpc) is 3.37. The summed E-state index contributed by atoms with van der Waals surface area (Å²) in [5, 5.41) is 13.4. The second-order valence-corrected chi connectivity index (χ2v) is 11.2. The Labute approximate surface area is 212 Å². The molecule has 0 unspecified atom stereocenters. The lowest BCUT2D eigenvalue weighted by molar-refractivity contribution is -0.161. The van der Waals surface area contributed by atoms with Gasteiger partial charge in [0.2, 0.25) is 5.91 Å². The van der Waals surface area contributed by atoms with Crippen LogP contribution in [0.25, 0.3) is 0 Å². The molecule has 1 aromatic heterocycles. The number of nitrogens with zero attached hydrogens (tertiary/aromatic N) is 3. The van der Waals surface area contributed by atoms with Crippen LogP contribution in [0.5, 0.6) is 0 Å². The largest absolute Gasteiger partial charge is 0.389 e. The van der Waals surface area contributed by atoms with Gasteiger partial charge in [0.15, 0.2) is 0 Å². The number of aromatic nitrogens is 1. The highest BCUT2D eigenvalue weighted by molar-refractivity contribution is 7.09. The lowest BCUT2D eigenvalue weighted by atomic mass is 9.89. The number of β-amino-alcohol motifs (C(OH)–C–C–N with tert-alkyl or cyclic N) is 1. The number of piperidine rings is 1. The number of likely N-dealkylation sites (tertiary alicyclic amines) is 1. The number of ether oxygens (including phenoxy) is 2. The molecule has 0 bridgehead atoms. The quantitative estimate of drug-likeness (QED) is 0.658. The van der Waals surface area contributed by atoms with Crippen LogP contribution in [-0.4, -0.2) is 83.0 Å². The summed E-state index contributed by atoms with van der Waals surface area (Å²) in [6, 6.07) is 10.8. The van der Waals surface area contributed by atoms with Crippen molar-refractivity contribution in [2.24, 2.45) is 5.92 Å². The Bertz CT molecular complexity index is 920. The van der Waals surface area contributed by atoms with Gasteiger partial charge in [0.25, 0.3) is 0 Å². The van der Waals surface area contributed by atoms with Crippen LogP contribution < -0.4 is 0 Å². The standard InChI is InChI=1S/C27H37N3O4S/c31-22-16-30(17-26-28-10-13-35-26)24-7-6-23(34-25(24)19-33-18-22)15-27(32)29-11-8-21(9-12-29)14-20-4-2-1-3-5-20/h1-5,10,13,21-25,31H,6-9,11-12,14-19H2/t22-,23-,24-,25+/m0/s1. The number of amides is 1. The van der Waals surface area contributed by atoms with Crippen molar-refractivity contribution in [1.29, 1.82) is 0 Å². The molecule has 8 heteroatoms. The van der Waals surface area contributed by atoms with Gasteiger partial charge in [-0.3, -0.25) is 9.69 Å². The fourth-order valence-electron chi connectivity index (χ4n) is 5.79. The van der Waals surface area contributed by atoms with Crippen molar-refractivity contribution in [3.05, 3.63) is 52.5 Å². The molecule has 7 nitrogen and oxygen atoms in total. The van der Waals surface area contributed by atoms with E-state index in [-0.39, 0.29) is 24.2 Å². The Hall–Kier alpha value is -1.84. The van der Waals surface area contributed by atoms with Gasteiger partial charge in [-0.05, 0) is 43.6 Å². The fourth-order valence-corrected chi connectivity index (χ4v) is 6.43. The lowest BCUT2D eigenvalue weighted by Crippen LogP contribution is -2.55. The lowest BCUT2D eigenvalue weighted by Gasteiger charge is -2.44. The van der Waals surface area contributed by atoms with E-state index in [2.05, 4.69) is 40.2 Å². The van der Waals surface area contributed by atoms with Crippen molar-refractivity contribution >= 4 is 17.2 Å². The van der Waals surface area contributed by atoms with E-state index in [4.69, 9.17) is 9.47 Å². The number of hydrogen-bond acceptors (Lipinski definition) is 7. The van der Waals surface area contributed by atoms with E-state index in [1.807, 2.05) is 16.5 Å². The number of thiazole rings is 1. The molecule has 0 saturated carbocycles. The van der Waals surface area contributed by atoms with Gasteiger partial charge in [0, 0.05) is 37.3 Å². The molecule has 3 fully saturated rings. The highest BCUT2D eigenvalue weighted by Crippen LogP contribution is 2.30. The Morgan fingerprint density at radius 3 is 2.71 bits per heavy atom. The molecule has 35 heavy (non-hydrogen) atoms. The minimum atomic E-state index is -0.514. The van der Waals surface area contributed by atoms with Crippen molar-refractivity contribution in [3.63, 3.8) is 0 Å². The summed E-state index contributed by atoms with van der Waals surface area (Å²) in [5.41, 5.74) is 1.39. The number of aliphatic hydroxyl groups excluding tert-OH is 1. The van der Waals surface area contributed by atoms with Crippen LogP contribution >= 0.6 is 11.3 Å². The van der Waals surface area contributed by atoms with E-state index >= 15 is 0 Å². The van der Waals surface area contributed by atoms with E-state index < -0.39 is 6.10 Å². The number of carbonyl (C=O) groups is 1. The number of carbonyl (C=O) groups excluding carboxylic acids is 1. The monoisotopic (exact) mass is 499 g/mol. The third-order valence-electron chi connectivity index (χ3n) is 7.65. The van der Waals surface area contributed by atoms with Gasteiger partial charge in [0.1, 0.15) is 5.01 Å². The molecule has 1 amide bonds. The second-order valence-electron chi connectivity index (χ2n) is 10.2. The zero-order valence-electron chi connectivity index (χ0n) is 20.3. The number of rotatable bonds is 6. The number of aliphatic hydroxyl groups is 1. The van der Waals surface area contributed by atoms with Gasteiger partial charge >= 0.3 is 0 Å². The normalized spacial score (nSPS) is 28.8. The van der Waals surface area contributed by atoms with Gasteiger partial charge in [-0.15, -0.1) is 11.3 Å². The summed E-state index contributed by atoms with van der Waals surface area (Å²) in [5.74, 6) is 0.868. The maximum atomic E-state index is 13.1. The molecular formula is C27H37N3O4S. The first-order valence-electron chi connectivity index (χ1n) is 13.0. The molecule has 0 radical (unpaired) electrons. The molecule has 0 spiro atoms. The van der Waals surface area contributed by atoms with Crippen LogP contribution in [0.3, 0.4) is 0 Å². The number of benzene rings is 1. The Balaban J connectivity index is 1.12. The molecule has 3 saturated heterocycles. The molecule has 190 valence electrons. The minimum absolute atomic E-state index is 0.0690. The second kappa shape index (κ2) is 11.9. The molecule has 0 aliphatic carbocycles. The molecule has 1 aromatic carbocycles. The van der Waals surface area contributed by atoms with Crippen LogP contribution in [0.4, 0.5) is 0 Å². The van der Waals surface area contributed by atoms with E-state index in [1.54, 1.807) is 11.3 Å². The van der Waals surface area contributed by atoms with Crippen molar-refractivity contribution in [2.45, 2.75) is 69.4 Å². The summed E-state index contributed by atoms with van der Waals surface area (Å²) in [7, 11) is 0. The van der Waals surface area contributed by atoms with Gasteiger partial charge in [-0.25, -0.2) is 4.98 Å². The predicted octanol–water partition coefficient (Wildman–Crippen LogP) is 3.12. The van der Waals surface area contributed by atoms with Crippen LogP contribution in [0.15, 0.2) is 41.9 Å². The zero-order valence-corrected chi connectivity index (χ0v) is 21.2. The van der Waals surface area contributed by atoms with Crippen molar-refractivity contribution in [3.8, 4) is 0 Å². The summed E-state index contributed by atoms with van der Waals surface area (Å²) < 4.78 is 12.2. The Morgan fingerprint density at radius 2 is 1.94 bits per heavy atom. The third-order valence-corrected chi connectivity index (χ3v) is 8.41.